The van der Waals surface area contributed by atoms with Crippen molar-refractivity contribution < 1.29 is 0 Å². The van der Waals surface area contributed by atoms with Gasteiger partial charge in [0.15, 0.2) is 0 Å². The van der Waals surface area contributed by atoms with Gasteiger partial charge in [0.2, 0.25) is 0 Å². The van der Waals surface area contributed by atoms with Gasteiger partial charge in [0.05, 0.1) is 5.54 Å². The minimum absolute atomic E-state index is 0.0605. The second-order valence-electron chi connectivity index (χ2n) is 4.17. The number of allylic oxidation sites excluding steroid dienone is 5. The molecule has 1 heterocycles. The molecule has 1 aliphatic carbocycles. The first-order valence-corrected chi connectivity index (χ1v) is 6.03. The normalized spacial score (nSPS) is 23.3. The van der Waals surface area contributed by atoms with Gasteiger partial charge in [-0.15, -0.1) is 0 Å². The van der Waals surface area contributed by atoms with E-state index in [1.54, 1.807) is 11.8 Å². The molecule has 0 aromatic carbocycles. The van der Waals surface area contributed by atoms with Crippen LogP contribution in [0.4, 0.5) is 0 Å². The van der Waals surface area contributed by atoms with Crippen LogP contribution in [0.1, 0.15) is 20.3 Å². The van der Waals surface area contributed by atoms with Crippen molar-refractivity contribution in [3.05, 3.63) is 47.4 Å². The Morgan fingerprint density at radius 3 is 3.00 bits per heavy atom. The number of hydrogen-bond donors (Lipinski definition) is 0. The fourth-order valence-corrected chi connectivity index (χ4v) is 2.57. The molecule has 2 aliphatic rings. The van der Waals surface area contributed by atoms with Crippen LogP contribution in [-0.2, 0) is 0 Å². The summed E-state index contributed by atoms with van der Waals surface area (Å²) >= 11 is 1.70. The van der Waals surface area contributed by atoms with Crippen LogP contribution >= 0.6 is 11.8 Å². The lowest BCUT2D eigenvalue weighted by Gasteiger charge is -2.21. The highest BCUT2D eigenvalue weighted by Gasteiger charge is 2.18. The van der Waals surface area contributed by atoms with E-state index in [0.717, 1.165) is 11.5 Å². The number of thioether (sulfide) groups is 1. The molecule has 0 radical (unpaired) electrons. The summed E-state index contributed by atoms with van der Waals surface area (Å²) in [6.07, 6.45) is 13.8. The summed E-state index contributed by atoms with van der Waals surface area (Å²) in [6.45, 7) is 4.25. The Morgan fingerprint density at radius 2 is 2.20 bits per heavy atom. The molecule has 0 bridgehead atoms. The molecule has 0 amide bonds. The lowest BCUT2D eigenvalue weighted by Crippen LogP contribution is -2.18. The van der Waals surface area contributed by atoms with E-state index in [2.05, 4.69) is 55.7 Å². The third-order valence-corrected chi connectivity index (χ3v) is 3.11. The van der Waals surface area contributed by atoms with Crippen LogP contribution in [0.3, 0.4) is 0 Å². The smallest absolute Gasteiger partial charge is 0.103 e. The molecule has 0 unspecified atom stereocenters. The zero-order valence-corrected chi connectivity index (χ0v) is 9.92. The molecule has 2 heteroatoms. The van der Waals surface area contributed by atoms with Crippen LogP contribution in [0.25, 0.3) is 0 Å². The topological polar surface area (TPSA) is 12.4 Å². The fraction of sp³-hybridized carbons (Fsp3) is 0.308. The van der Waals surface area contributed by atoms with Crippen molar-refractivity contribution >= 4 is 16.8 Å². The second-order valence-corrected chi connectivity index (χ2v) is 5.07. The zero-order chi connectivity index (χ0) is 10.7. The molecule has 2 rings (SSSR count). The molecule has 0 aromatic rings. The Balaban J connectivity index is 2.25. The van der Waals surface area contributed by atoms with Crippen molar-refractivity contribution in [2.45, 2.75) is 25.8 Å². The predicted octanol–water partition coefficient (Wildman–Crippen LogP) is 3.87. The molecule has 1 aliphatic heterocycles. The van der Waals surface area contributed by atoms with E-state index in [1.807, 2.05) is 0 Å². The highest BCUT2D eigenvalue weighted by atomic mass is 32.2. The maximum absolute atomic E-state index is 4.72. The molecule has 0 saturated carbocycles. The van der Waals surface area contributed by atoms with Crippen molar-refractivity contribution in [3.63, 3.8) is 0 Å². The molecule has 1 nitrogen and oxygen atoms in total. The van der Waals surface area contributed by atoms with Crippen LogP contribution in [0, 0.1) is 0 Å². The number of rotatable bonds is 1. The summed E-state index contributed by atoms with van der Waals surface area (Å²) in [5.41, 5.74) is 1.18. The SMILES string of the molecule is CC1(C)C=CSC(C2=CCC=CC=C2)=N1. The molecular formula is C13H15NS. The Kier molecular flexibility index (Phi) is 2.96. The van der Waals surface area contributed by atoms with Gasteiger partial charge in [-0.25, -0.2) is 0 Å². The lowest BCUT2D eigenvalue weighted by molar-refractivity contribution is 0.660. The van der Waals surface area contributed by atoms with Crippen LogP contribution in [0.5, 0.6) is 0 Å². The number of aliphatic imine (C=N–C) groups is 1. The fourth-order valence-electron chi connectivity index (χ4n) is 1.46. The lowest BCUT2D eigenvalue weighted by atomic mass is 10.1. The summed E-state index contributed by atoms with van der Waals surface area (Å²) in [6, 6.07) is 0. The van der Waals surface area contributed by atoms with Crippen LogP contribution in [0.15, 0.2) is 52.4 Å². The maximum atomic E-state index is 4.72. The van der Waals surface area contributed by atoms with Crippen molar-refractivity contribution in [3.8, 4) is 0 Å². The van der Waals surface area contributed by atoms with E-state index in [1.165, 1.54) is 5.57 Å². The largest absolute Gasteiger partial charge is 0.267 e. The Morgan fingerprint density at radius 1 is 1.33 bits per heavy atom. The van der Waals surface area contributed by atoms with Crippen molar-refractivity contribution in [2.24, 2.45) is 4.99 Å². The van der Waals surface area contributed by atoms with E-state index < -0.39 is 0 Å². The molecule has 0 saturated heterocycles. The summed E-state index contributed by atoms with van der Waals surface area (Å²) in [4.78, 5) is 4.72. The Hall–Kier alpha value is -1.02. The van der Waals surface area contributed by atoms with E-state index in [0.29, 0.717) is 0 Å². The first kappa shape index (κ1) is 10.5. The molecule has 0 aromatic heterocycles. The molecular weight excluding hydrogens is 202 g/mol. The van der Waals surface area contributed by atoms with Crippen molar-refractivity contribution in [2.75, 3.05) is 0 Å². The molecule has 0 atom stereocenters. The first-order valence-electron chi connectivity index (χ1n) is 5.15. The van der Waals surface area contributed by atoms with Gasteiger partial charge in [-0.2, -0.15) is 0 Å². The Labute approximate surface area is 95.4 Å². The number of nitrogens with zero attached hydrogens (tertiary/aromatic N) is 1. The van der Waals surface area contributed by atoms with E-state index >= 15 is 0 Å². The highest BCUT2D eigenvalue weighted by Crippen LogP contribution is 2.27. The maximum Gasteiger partial charge on any atom is 0.103 e. The average Bonchev–Trinajstić information content (AvgIpc) is 2.44. The quantitative estimate of drug-likeness (QED) is 0.649. The highest BCUT2D eigenvalue weighted by molar-refractivity contribution is 8.17. The summed E-state index contributed by atoms with van der Waals surface area (Å²) in [5, 5.41) is 3.26. The van der Waals surface area contributed by atoms with Gasteiger partial charge in [0.25, 0.3) is 0 Å². The van der Waals surface area contributed by atoms with Gasteiger partial charge >= 0.3 is 0 Å². The first-order chi connectivity index (χ1) is 7.17. The molecule has 15 heavy (non-hydrogen) atoms. The van der Waals surface area contributed by atoms with Crippen LogP contribution in [0.2, 0.25) is 0 Å². The minimum atomic E-state index is -0.0605. The van der Waals surface area contributed by atoms with Gasteiger partial charge in [-0.3, -0.25) is 4.99 Å². The molecule has 0 fully saturated rings. The third-order valence-electron chi connectivity index (χ3n) is 2.29. The standard InChI is InChI=1S/C13H15NS/c1-13(2)9-10-15-12(14-13)11-7-5-3-4-6-8-11/h3-5,7-10H,6H2,1-2H3. The van der Waals surface area contributed by atoms with Crippen molar-refractivity contribution in [1.29, 1.82) is 0 Å². The minimum Gasteiger partial charge on any atom is -0.267 e. The summed E-state index contributed by atoms with van der Waals surface area (Å²) < 4.78 is 0. The second kappa shape index (κ2) is 4.23. The molecule has 0 spiro atoms. The van der Waals surface area contributed by atoms with Gasteiger partial charge in [-0.1, -0.05) is 48.2 Å². The van der Waals surface area contributed by atoms with Crippen LogP contribution < -0.4 is 0 Å². The Bertz CT molecular complexity index is 395. The van der Waals surface area contributed by atoms with Gasteiger partial charge in [0.1, 0.15) is 5.04 Å². The molecule has 78 valence electrons. The summed E-state index contributed by atoms with van der Waals surface area (Å²) in [7, 11) is 0. The van der Waals surface area contributed by atoms with Crippen molar-refractivity contribution in [1.82, 2.24) is 0 Å². The molecule has 0 N–H and O–H groups in total. The van der Waals surface area contributed by atoms with Crippen LogP contribution in [-0.4, -0.2) is 10.6 Å². The van der Waals surface area contributed by atoms with E-state index in [4.69, 9.17) is 4.99 Å². The van der Waals surface area contributed by atoms with E-state index in [9.17, 15) is 0 Å². The van der Waals surface area contributed by atoms with E-state index in [-0.39, 0.29) is 5.54 Å². The predicted molar refractivity (Wildman–Crippen MR) is 69.2 cm³/mol. The van der Waals surface area contributed by atoms with Gasteiger partial charge in [0, 0.05) is 5.57 Å². The van der Waals surface area contributed by atoms with Gasteiger partial charge < -0.3 is 0 Å². The monoisotopic (exact) mass is 217 g/mol. The summed E-state index contributed by atoms with van der Waals surface area (Å²) in [5.74, 6) is 0. The average molecular weight is 217 g/mol. The number of hydrogen-bond acceptors (Lipinski definition) is 2. The zero-order valence-electron chi connectivity index (χ0n) is 9.10. The third kappa shape index (κ3) is 2.72. The van der Waals surface area contributed by atoms with Gasteiger partial charge in [-0.05, 0) is 25.7 Å².